The van der Waals surface area contributed by atoms with Gasteiger partial charge in [-0.2, -0.15) is 0 Å². The molecular formula is C14H14F2N2O. The van der Waals surface area contributed by atoms with Crippen LogP contribution in [-0.2, 0) is 13.2 Å². The van der Waals surface area contributed by atoms with Crippen LogP contribution in [0.2, 0.25) is 0 Å². The summed E-state index contributed by atoms with van der Waals surface area (Å²) in [6.07, 6.45) is 1.46. The second-order valence-corrected chi connectivity index (χ2v) is 4.00. The van der Waals surface area contributed by atoms with Crippen LogP contribution in [0.3, 0.4) is 0 Å². The van der Waals surface area contributed by atoms with E-state index in [2.05, 4.69) is 10.3 Å². The van der Waals surface area contributed by atoms with Gasteiger partial charge in [-0.1, -0.05) is 18.2 Å². The number of rotatable bonds is 5. The standard InChI is InChI=1S/C14H14F2N2O/c1-17-8-10-6-7-18-14(13(10)16)19-9-11-4-2-3-5-12(11)15/h2-7,17H,8-9H2,1H3. The van der Waals surface area contributed by atoms with Crippen molar-refractivity contribution in [3.63, 3.8) is 0 Å². The van der Waals surface area contributed by atoms with E-state index in [1.54, 1.807) is 31.3 Å². The molecule has 19 heavy (non-hydrogen) atoms. The van der Waals surface area contributed by atoms with E-state index < -0.39 is 5.82 Å². The number of aromatic nitrogens is 1. The fraction of sp³-hybridized carbons (Fsp3) is 0.214. The van der Waals surface area contributed by atoms with Crippen LogP contribution < -0.4 is 10.1 Å². The summed E-state index contributed by atoms with van der Waals surface area (Å²) in [6, 6.07) is 7.78. The van der Waals surface area contributed by atoms with Gasteiger partial charge >= 0.3 is 0 Å². The van der Waals surface area contributed by atoms with Crippen molar-refractivity contribution in [2.75, 3.05) is 7.05 Å². The van der Waals surface area contributed by atoms with Gasteiger partial charge in [0.15, 0.2) is 5.82 Å². The molecule has 1 heterocycles. The SMILES string of the molecule is CNCc1ccnc(OCc2ccccc2F)c1F. The molecule has 0 aliphatic carbocycles. The molecule has 2 rings (SSSR count). The van der Waals surface area contributed by atoms with Crippen LogP contribution in [0.25, 0.3) is 0 Å². The zero-order valence-electron chi connectivity index (χ0n) is 10.5. The third-order valence-corrected chi connectivity index (χ3v) is 2.63. The summed E-state index contributed by atoms with van der Waals surface area (Å²) in [6.45, 7) is 0.323. The molecule has 0 radical (unpaired) electrons. The number of nitrogens with zero attached hydrogens (tertiary/aromatic N) is 1. The highest BCUT2D eigenvalue weighted by atomic mass is 19.1. The van der Waals surface area contributed by atoms with E-state index in [1.807, 2.05) is 0 Å². The summed E-state index contributed by atoms with van der Waals surface area (Å²) >= 11 is 0. The number of benzene rings is 1. The molecule has 0 unspecified atom stereocenters. The molecule has 0 amide bonds. The van der Waals surface area contributed by atoms with E-state index in [0.29, 0.717) is 17.7 Å². The van der Waals surface area contributed by atoms with Gasteiger partial charge in [-0.25, -0.2) is 13.8 Å². The Bertz CT molecular complexity index is 561. The van der Waals surface area contributed by atoms with Crippen molar-refractivity contribution in [1.29, 1.82) is 0 Å². The predicted octanol–water partition coefficient (Wildman–Crippen LogP) is 2.66. The number of hydrogen-bond acceptors (Lipinski definition) is 3. The summed E-state index contributed by atoms with van der Waals surface area (Å²) in [5.41, 5.74) is 0.823. The molecule has 3 nitrogen and oxygen atoms in total. The molecule has 1 aromatic carbocycles. The lowest BCUT2D eigenvalue weighted by Gasteiger charge is -2.09. The van der Waals surface area contributed by atoms with E-state index in [0.717, 1.165) is 0 Å². The highest BCUT2D eigenvalue weighted by molar-refractivity contribution is 5.24. The zero-order valence-corrected chi connectivity index (χ0v) is 10.5. The number of halogens is 2. The van der Waals surface area contributed by atoms with E-state index in [1.165, 1.54) is 12.3 Å². The van der Waals surface area contributed by atoms with Crippen molar-refractivity contribution in [3.05, 3.63) is 59.3 Å². The fourth-order valence-electron chi connectivity index (χ4n) is 1.65. The highest BCUT2D eigenvalue weighted by Crippen LogP contribution is 2.19. The fourth-order valence-corrected chi connectivity index (χ4v) is 1.65. The minimum atomic E-state index is -0.520. The van der Waals surface area contributed by atoms with Gasteiger partial charge in [-0.15, -0.1) is 0 Å². The Kier molecular flexibility index (Phi) is 4.41. The molecule has 0 aliphatic heterocycles. The average Bonchev–Trinajstić information content (AvgIpc) is 2.42. The third kappa shape index (κ3) is 3.26. The molecule has 0 fully saturated rings. The first-order valence-electron chi connectivity index (χ1n) is 5.86. The predicted molar refractivity (Wildman–Crippen MR) is 67.7 cm³/mol. The largest absolute Gasteiger partial charge is 0.471 e. The molecule has 5 heteroatoms. The van der Waals surface area contributed by atoms with E-state index in [9.17, 15) is 8.78 Å². The maximum atomic E-state index is 13.9. The van der Waals surface area contributed by atoms with Gasteiger partial charge in [0, 0.05) is 23.9 Å². The first-order valence-corrected chi connectivity index (χ1v) is 5.86. The first-order chi connectivity index (χ1) is 9.22. The summed E-state index contributed by atoms with van der Waals surface area (Å²) in [7, 11) is 1.72. The Balaban J connectivity index is 2.12. The van der Waals surface area contributed by atoms with Crippen LogP contribution in [0.4, 0.5) is 8.78 Å². The first kappa shape index (κ1) is 13.4. The van der Waals surface area contributed by atoms with Gasteiger partial charge < -0.3 is 10.1 Å². The molecule has 1 N–H and O–H groups in total. The van der Waals surface area contributed by atoms with Crippen molar-refractivity contribution in [3.8, 4) is 5.88 Å². The Hall–Kier alpha value is -2.01. The molecule has 0 saturated heterocycles. The van der Waals surface area contributed by atoms with Crippen LogP contribution in [0.1, 0.15) is 11.1 Å². The lowest BCUT2D eigenvalue weighted by atomic mass is 10.2. The Morgan fingerprint density at radius 2 is 1.95 bits per heavy atom. The molecule has 0 saturated carbocycles. The molecule has 0 aliphatic rings. The molecule has 2 aromatic rings. The van der Waals surface area contributed by atoms with E-state index >= 15 is 0 Å². The van der Waals surface area contributed by atoms with Crippen molar-refractivity contribution in [2.45, 2.75) is 13.2 Å². The number of ether oxygens (including phenoxy) is 1. The molecule has 0 spiro atoms. The zero-order chi connectivity index (χ0) is 13.7. The maximum absolute atomic E-state index is 13.9. The number of nitrogens with one attached hydrogen (secondary N) is 1. The van der Waals surface area contributed by atoms with Gasteiger partial charge in [0.05, 0.1) is 0 Å². The smallest absolute Gasteiger partial charge is 0.251 e. The van der Waals surface area contributed by atoms with Crippen LogP contribution in [0.5, 0.6) is 5.88 Å². The van der Waals surface area contributed by atoms with Gasteiger partial charge in [-0.3, -0.25) is 0 Å². The van der Waals surface area contributed by atoms with Crippen LogP contribution in [0.15, 0.2) is 36.5 Å². The molecular weight excluding hydrogens is 250 g/mol. The van der Waals surface area contributed by atoms with Crippen molar-refractivity contribution in [1.82, 2.24) is 10.3 Å². The average molecular weight is 264 g/mol. The Labute approximate surface area is 110 Å². The molecule has 0 atom stereocenters. The van der Waals surface area contributed by atoms with Crippen molar-refractivity contribution in [2.24, 2.45) is 0 Å². The minimum absolute atomic E-state index is 0.0560. The third-order valence-electron chi connectivity index (χ3n) is 2.63. The van der Waals surface area contributed by atoms with Gasteiger partial charge in [-0.05, 0) is 19.2 Å². The molecule has 0 bridgehead atoms. The molecule has 1 aromatic heterocycles. The van der Waals surface area contributed by atoms with Crippen LogP contribution in [-0.4, -0.2) is 12.0 Å². The minimum Gasteiger partial charge on any atom is -0.471 e. The van der Waals surface area contributed by atoms with Crippen LogP contribution in [0, 0.1) is 11.6 Å². The van der Waals surface area contributed by atoms with Gasteiger partial charge in [0.1, 0.15) is 12.4 Å². The maximum Gasteiger partial charge on any atom is 0.251 e. The Morgan fingerprint density at radius 1 is 1.16 bits per heavy atom. The molecule has 100 valence electrons. The number of pyridine rings is 1. The summed E-state index contributed by atoms with van der Waals surface area (Å²) < 4.78 is 32.6. The summed E-state index contributed by atoms with van der Waals surface area (Å²) in [4.78, 5) is 3.82. The second-order valence-electron chi connectivity index (χ2n) is 4.00. The summed E-state index contributed by atoms with van der Waals surface area (Å²) in [5.74, 6) is -1.02. The van der Waals surface area contributed by atoms with Crippen molar-refractivity contribution >= 4 is 0 Å². The normalized spacial score (nSPS) is 10.5. The lowest BCUT2D eigenvalue weighted by Crippen LogP contribution is -2.09. The summed E-state index contributed by atoms with van der Waals surface area (Å²) in [5, 5.41) is 2.85. The Morgan fingerprint density at radius 3 is 2.68 bits per heavy atom. The number of hydrogen-bond donors (Lipinski definition) is 1. The van der Waals surface area contributed by atoms with Crippen LogP contribution >= 0.6 is 0 Å². The highest BCUT2D eigenvalue weighted by Gasteiger charge is 2.11. The second kappa shape index (κ2) is 6.24. The van der Waals surface area contributed by atoms with Crippen molar-refractivity contribution < 1.29 is 13.5 Å². The van der Waals surface area contributed by atoms with Gasteiger partial charge in [0.25, 0.3) is 5.88 Å². The topological polar surface area (TPSA) is 34.2 Å². The van der Waals surface area contributed by atoms with E-state index in [4.69, 9.17) is 4.74 Å². The van der Waals surface area contributed by atoms with E-state index in [-0.39, 0.29) is 18.3 Å². The van der Waals surface area contributed by atoms with Gasteiger partial charge in [0.2, 0.25) is 0 Å². The monoisotopic (exact) mass is 264 g/mol. The quantitative estimate of drug-likeness (QED) is 0.901. The lowest BCUT2D eigenvalue weighted by molar-refractivity contribution is 0.271.